The van der Waals surface area contributed by atoms with Crippen LogP contribution in [0.3, 0.4) is 0 Å². The molecule has 0 saturated carbocycles. The van der Waals surface area contributed by atoms with Gasteiger partial charge in [0.1, 0.15) is 0 Å². The molecule has 0 unspecified atom stereocenters. The average molecular weight is 263 g/mol. The minimum atomic E-state index is -4.55. The van der Waals surface area contributed by atoms with Gasteiger partial charge in [-0.15, -0.1) is 0 Å². The molecular formula is C11H12F3NO3. The van der Waals surface area contributed by atoms with Crippen LogP contribution in [0.1, 0.15) is 29.8 Å². The first kappa shape index (κ1) is 14.3. The van der Waals surface area contributed by atoms with Crippen LogP contribution in [0, 0.1) is 6.92 Å². The van der Waals surface area contributed by atoms with E-state index in [0.717, 1.165) is 20.0 Å². The lowest BCUT2D eigenvalue weighted by Gasteiger charge is -2.28. The molecular weight excluding hydrogens is 251 g/mol. The zero-order chi connectivity index (χ0) is 14.1. The lowest BCUT2D eigenvalue weighted by molar-refractivity contribution is -0.235. The number of aromatic nitrogens is 1. The van der Waals surface area contributed by atoms with Crippen LogP contribution in [-0.4, -0.2) is 27.8 Å². The molecule has 100 valence electrons. The van der Waals surface area contributed by atoms with Crippen LogP contribution in [0.4, 0.5) is 13.2 Å². The fourth-order valence-corrected chi connectivity index (χ4v) is 1.09. The number of pyridine rings is 1. The summed E-state index contributed by atoms with van der Waals surface area (Å²) >= 11 is 0. The van der Waals surface area contributed by atoms with Gasteiger partial charge in [0, 0.05) is 11.8 Å². The van der Waals surface area contributed by atoms with Gasteiger partial charge in [-0.2, -0.15) is 13.2 Å². The molecule has 0 spiro atoms. The Morgan fingerprint density at radius 3 is 2.33 bits per heavy atom. The largest absolute Gasteiger partial charge is 0.478 e. The van der Waals surface area contributed by atoms with Crippen LogP contribution in [0.25, 0.3) is 0 Å². The van der Waals surface area contributed by atoms with Gasteiger partial charge >= 0.3 is 12.1 Å². The third-order valence-corrected chi connectivity index (χ3v) is 2.31. The van der Waals surface area contributed by atoms with Crippen molar-refractivity contribution in [2.24, 2.45) is 0 Å². The van der Waals surface area contributed by atoms with Crippen LogP contribution in [0.2, 0.25) is 0 Å². The van der Waals surface area contributed by atoms with Gasteiger partial charge in [-0.25, -0.2) is 9.78 Å². The van der Waals surface area contributed by atoms with E-state index >= 15 is 0 Å². The highest BCUT2D eigenvalue weighted by Gasteiger charge is 2.50. The van der Waals surface area contributed by atoms with Gasteiger partial charge in [-0.3, -0.25) is 0 Å². The van der Waals surface area contributed by atoms with Gasteiger partial charge in [0.05, 0.1) is 5.56 Å². The fourth-order valence-electron chi connectivity index (χ4n) is 1.09. The summed E-state index contributed by atoms with van der Waals surface area (Å²) in [6, 6.07) is 1.21. The number of hydrogen-bond donors (Lipinski definition) is 1. The Balaban J connectivity index is 3.03. The van der Waals surface area contributed by atoms with Crippen LogP contribution in [0.15, 0.2) is 12.3 Å². The molecule has 0 aliphatic rings. The minimum absolute atomic E-state index is 0.107. The molecule has 0 radical (unpaired) electrons. The van der Waals surface area contributed by atoms with Crippen LogP contribution >= 0.6 is 0 Å². The number of aromatic carboxylic acids is 1. The monoisotopic (exact) mass is 263 g/mol. The number of carboxylic acids is 1. The van der Waals surface area contributed by atoms with Crippen molar-refractivity contribution in [2.75, 3.05) is 0 Å². The average Bonchev–Trinajstić information content (AvgIpc) is 2.18. The molecule has 1 heterocycles. The molecule has 1 rings (SSSR count). The predicted octanol–water partition coefficient (Wildman–Crippen LogP) is 2.81. The number of aryl methyl sites for hydroxylation is 1. The first-order valence-electron chi connectivity index (χ1n) is 5.00. The van der Waals surface area contributed by atoms with Crippen molar-refractivity contribution in [2.45, 2.75) is 32.5 Å². The van der Waals surface area contributed by atoms with E-state index in [1.807, 2.05) is 0 Å². The molecule has 4 nitrogen and oxygen atoms in total. The van der Waals surface area contributed by atoms with E-state index in [1.165, 1.54) is 13.0 Å². The number of hydrogen-bond acceptors (Lipinski definition) is 3. The maximum atomic E-state index is 12.6. The maximum absolute atomic E-state index is 12.6. The summed E-state index contributed by atoms with van der Waals surface area (Å²) in [5.74, 6) is -1.44. The molecule has 0 saturated heterocycles. The van der Waals surface area contributed by atoms with Crippen molar-refractivity contribution >= 4 is 5.97 Å². The van der Waals surface area contributed by atoms with Crippen LogP contribution in [-0.2, 0) is 0 Å². The normalized spacial score (nSPS) is 12.3. The smallest absolute Gasteiger partial charge is 0.427 e. The summed E-state index contributed by atoms with van der Waals surface area (Å²) in [5.41, 5.74) is -2.27. The predicted molar refractivity (Wildman–Crippen MR) is 56.7 cm³/mol. The number of nitrogens with zero attached hydrogens (tertiary/aromatic N) is 1. The number of rotatable bonds is 3. The molecule has 0 bridgehead atoms. The van der Waals surface area contributed by atoms with E-state index in [2.05, 4.69) is 4.98 Å². The number of alkyl halides is 3. The quantitative estimate of drug-likeness (QED) is 0.910. The summed E-state index contributed by atoms with van der Waals surface area (Å²) < 4.78 is 42.6. The topological polar surface area (TPSA) is 59.4 Å². The molecule has 0 fully saturated rings. The highest BCUT2D eigenvalue weighted by Crippen LogP contribution is 2.34. The molecule has 0 atom stereocenters. The van der Waals surface area contributed by atoms with Gasteiger partial charge in [-0.1, -0.05) is 0 Å². The summed E-state index contributed by atoms with van der Waals surface area (Å²) in [6.07, 6.45) is -3.59. The second-order valence-corrected chi connectivity index (χ2v) is 4.26. The van der Waals surface area contributed by atoms with Gasteiger partial charge < -0.3 is 9.84 Å². The van der Waals surface area contributed by atoms with E-state index in [-0.39, 0.29) is 17.0 Å². The van der Waals surface area contributed by atoms with Crippen LogP contribution < -0.4 is 4.74 Å². The Bertz CT molecular complexity index is 469. The number of ether oxygens (including phenoxy) is 1. The van der Waals surface area contributed by atoms with E-state index in [1.54, 1.807) is 0 Å². The van der Waals surface area contributed by atoms with Gasteiger partial charge in [0.15, 0.2) is 5.60 Å². The number of carboxylic acid groups (broad SMARTS) is 1. The standard InChI is InChI=1S/C11H12F3NO3/c1-6-4-7(9(16)17)5-15-8(6)18-10(2,3)11(12,13)14/h4-5H,1-3H3,(H,16,17). The Labute approximate surface area is 101 Å². The lowest BCUT2D eigenvalue weighted by atomic mass is 10.1. The molecule has 1 aromatic rings. The molecule has 0 amide bonds. The molecule has 7 heteroatoms. The van der Waals surface area contributed by atoms with Gasteiger partial charge in [-0.05, 0) is 26.8 Å². The minimum Gasteiger partial charge on any atom is -0.478 e. The molecule has 0 aliphatic heterocycles. The van der Waals surface area contributed by atoms with E-state index in [0.29, 0.717) is 0 Å². The van der Waals surface area contributed by atoms with Crippen molar-refractivity contribution in [1.82, 2.24) is 4.98 Å². The number of carbonyl (C=O) groups is 1. The maximum Gasteiger partial charge on any atom is 0.427 e. The number of halogens is 3. The van der Waals surface area contributed by atoms with Gasteiger partial charge in [0.2, 0.25) is 5.88 Å². The van der Waals surface area contributed by atoms with Crippen molar-refractivity contribution < 1.29 is 27.8 Å². The summed E-state index contributed by atoms with van der Waals surface area (Å²) in [7, 11) is 0. The van der Waals surface area contributed by atoms with E-state index in [9.17, 15) is 18.0 Å². The Morgan fingerprint density at radius 1 is 1.39 bits per heavy atom. The van der Waals surface area contributed by atoms with Crippen molar-refractivity contribution in [3.05, 3.63) is 23.4 Å². The Kier molecular flexibility index (Phi) is 3.54. The molecule has 0 aliphatic carbocycles. The third kappa shape index (κ3) is 2.91. The summed E-state index contributed by atoms with van der Waals surface area (Å²) in [6.45, 7) is 3.18. The van der Waals surface area contributed by atoms with Crippen molar-refractivity contribution in [1.29, 1.82) is 0 Å². The van der Waals surface area contributed by atoms with Crippen molar-refractivity contribution in [3.8, 4) is 5.88 Å². The zero-order valence-electron chi connectivity index (χ0n) is 10.00. The second kappa shape index (κ2) is 4.47. The lowest BCUT2D eigenvalue weighted by Crippen LogP contribution is -2.44. The first-order chi connectivity index (χ1) is 8.04. The SMILES string of the molecule is Cc1cc(C(=O)O)cnc1OC(C)(C)C(F)(F)F. The van der Waals surface area contributed by atoms with Crippen molar-refractivity contribution in [3.63, 3.8) is 0 Å². The molecule has 0 aromatic carbocycles. The molecule has 1 N–H and O–H groups in total. The van der Waals surface area contributed by atoms with E-state index in [4.69, 9.17) is 9.84 Å². The second-order valence-electron chi connectivity index (χ2n) is 4.26. The van der Waals surface area contributed by atoms with Gasteiger partial charge in [0.25, 0.3) is 0 Å². The third-order valence-electron chi connectivity index (χ3n) is 2.31. The molecule has 1 aromatic heterocycles. The van der Waals surface area contributed by atoms with E-state index < -0.39 is 17.7 Å². The summed E-state index contributed by atoms with van der Waals surface area (Å²) in [4.78, 5) is 14.2. The van der Waals surface area contributed by atoms with Crippen LogP contribution in [0.5, 0.6) is 5.88 Å². The highest BCUT2D eigenvalue weighted by atomic mass is 19.4. The highest BCUT2D eigenvalue weighted by molar-refractivity contribution is 5.87. The zero-order valence-corrected chi connectivity index (χ0v) is 10.00. The Hall–Kier alpha value is -1.79. The summed E-state index contributed by atoms with van der Waals surface area (Å²) in [5, 5.41) is 8.70. The molecule has 18 heavy (non-hydrogen) atoms. The first-order valence-corrected chi connectivity index (χ1v) is 5.00. The Morgan fingerprint density at radius 2 is 1.94 bits per heavy atom. The fraction of sp³-hybridized carbons (Fsp3) is 0.455.